The number of aliphatic hydroxyl groups is 1. The van der Waals surface area contributed by atoms with Crippen LogP contribution in [0.1, 0.15) is 17.0 Å². The summed E-state index contributed by atoms with van der Waals surface area (Å²) >= 11 is 0. The first-order chi connectivity index (χ1) is 10.6. The summed E-state index contributed by atoms with van der Waals surface area (Å²) in [6.45, 7) is 0. The van der Waals surface area contributed by atoms with Crippen molar-refractivity contribution in [3.05, 3.63) is 77.4 Å². The van der Waals surface area contributed by atoms with E-state index < -0.39 is 5.60 Å². The Labute approximate surface area is 127 Å². The number of rotatable bonds is 4. The Balaban J connectivity index is 2.09. The van der Waals surface area contributed by atoms with Crippen LogP contribution >= 0.6 is 0 Å². The van der Waals surface area contributed by atoms with Crippen molar-refractivity contribution >= 4 is 0 Å². The highest BCUT2D eigenvalue weighted by molar-refractivity contribution is 5.37. The molecule has 0 saturated heterocycles. The molecule has 1 unspecified atom stereocenters. The minimum Gasteiger partial charge on any atom is -0.380 e. The van der Waals surface area contributed by atoms with Gasteiger partial charge in [-0.1, -0.05) is 42.5 Å². The summed E-state index contributed by atoms with van der Waals surface area (Å²) in [4.78, 5) is 0. The van der Waals surface area contributed by atoms with E-state index in [0.29, 0.717) is 17.0 Å². The maximum absolute atomic E-state index is 13.2. The van der Waals surface area contributed by atoms with Crippen molar-refractivity contribution in [1.29, 1.82) is 0 Å². The molecule has 0 radical (unpaired) electrons. The third kappa shape index (κ3) is 2.60. The highest BCUT2D eigenvalue weighted by atomic mass is 19.1. The normalized spacial score (nSPS) is 13.8. The summed E-state index contributed by atoms with van der Waals surface area (Å²) in [6.07, 6.45) is 0.187. The molecular weight excluding hydrogens is 283 g/mol. The Morgan fingerprint density at radius 3 is 2.27 bits per heavy atom. The largest absolute Gasteiger partial charge is 0.380 e. The molecule has 0 bridgehead atoms. The summed E-state index contributed by atoms with van der Waals surface area (Å²) in [5, 5.41) is 22.6. The van der Waals surface area contributed by atoms with Crippen molar-refractivity contribution in [2.45, 2.75) is 12.0 Å². The smallest absolute Gasteiger partial charge is 0.154 e. The molecule has 6 heteroatoms. The Kier molecular flexibility index (Phi) is 3.68. The topological polar surface area (TPSA) is 63.8 Å². The van der Waals surface area contributed by atoms with E-state index in [1.54, 1.807) is 19.2 Å². The number of halogens is 1. The van der Waals surface area contributed by atoms with Crippen molar-refractivity contribution < 1.29 is 9.50 Å². The van der Waals surface area contributed by atoms with Crippen LogP contribution in [0.4, 0.5) is 4.39 Å². The van der Waals surface area contributed by atoms with Crippen molar-refractivity contribution in [2.75, 3.05) is 0 Å². The lowest BCUT2D eigenvalue weighted by Crippen LogP contribution is -2.31. The second-order valence-corrected chi connectivity index (χ2v) is 5.13. The van der Waals surface area contributed by atoms with Crippen molar-refractivity contribution in [3.63, 3.8) is 0 Å². The Hall–Kier alpha value is -2.60. The number of hydrogen-bond acceptors (Lipinski definition) is 4. The molecule has 0 aliphatic rings. The molecule has 1 heterocycles. The third-order valence-corrected chi connectivity index (χ3v) is 3.69. The van der Waals surface area contributed by atoms with Gasteiger partial charge in [-0.3, -0.25) is 0 Å². The van der Waals surface area contributed by atoms with Crippen LogP contribution < -0.4 is 0 Å². The van der Waals surface area contributed by atoms with E-state index in [0.717, 1.165) is 0 Å². The molecule has 3 aromatic rings. The Bertz CT molecular complexity index is 757. The molecule has 5 nitrogen and oxygen atoms in total. The highest BCUT2D eigenvalue weighted by Gasteiger charge is 2.33. The van der Waals surface area contributed by atoms with Crippen LogP contribution in [0.3, 0.4) is 0 Å². The second-order valence-electron chi connectivity index (χ2n) is 5.13. The molecule has 1 atom stereocenters. The number of aromatic nitrogens is 4. The molecule has 0 fully saturated rings. The van der Waals surface area contributed by atoms with Gasteiger partial charge in [-0.25, -0.2) is 9.07 Å². The van der Waals surface area contributed by atoms with Crippen LogP contribution in [-0.2, 0) is 19.1 Å². The summed E-state index contributed by atoms with van der Waals surface area (Å²) in [5.41, 5.74) is -0.0510. The monoisotopic (exact) mass is 298 g/mol. The van der Waals surface area contributed by atoms with E-state index >= 15 is 0 Å². The molecule has 0 amide bonds. The molecule has 0 spiro atoms. The van der Waals surface area contributed by atoms with Crippen LogP contribution in [0.5, 0.6) is 0 Å². The molecule has 0 aliphatic heterocycles. The van der Waals surface area contributed by atoms with Gasteiger partial charge in [0.25, 0.3) is 0 Å². The maximum Gasteiger partial charge on any atom is 0.154 e. The zero-order valence-corrected chi connectivity index (χ0v) is 12.0. The van der Waals surface area contributed by atoms with Gasteiger partial charge in [-0.15, -0.1) is 5.10 Å². The SMILES string of the molecule is Cn1nnnc1CC(O)(c1ccccc1)c1ccc(F)cc1. The lowest BCUT2D eigenvalue weighted by molar-refractivity contribution is 0.0777. The molecule has 2 aromatic carbocycles. The highest BCUT2D eigenvalue weighted by Crippen LogP contribution is 2.32. The first kappa shape index (κ1) is 14.3. The van der Waals surface area contributed by atoms with Gasteiger partial charge in [0.05, 0.1) is 0 Å². The molecule has 3 rings (SSSR count). The molecule has 0 aliphatic carbocycles. The quantitative estimate of drug-likeness (QED) is 0.798. The number of tetrazole rings is 1. The second kappa shape index (κ2) is 5.65. The van der Waals surface area contributed by atoms with Crippen molar-refractivity contribution in [2.24, 2.45) is 7.05 Å². The van der Waals surface area contributed by atoms with Gasteiger partial charge in [0.15, 0.2) is 5.82 Å². The van der Waals surface area contributed by atoms with Gasteiger partial charge in [-0.05, 0) is 33.7 Å². The third-order valence-electron chi connectivity index (χ3n) is 3.69. The van der Waals surface area contributed by atoms with Crippen molar-refractivity contribution in [1.82, 2.24) is 20.2 Å². The van der Waals surface area contributed by atoms with Gasteiger partial charge in [0.1, 0.15) is 11.4 Å². The summed E-state index contributed by atoms with van der Waals surface area (Å²) in [7, 11) is 1.71. The standard InChI is InChI=1S/C16H15FN4O/c1-21-15(18-19-20-21)11-16(22,12-5-3-2-4-6-12)13-7-9-14(17)10-8-13/h2-10,22H,11H2,1H3. The predicted molar refractivity (Wildman–Crippen MR) is 78.3 cm³/mol. The molecule has 1 aromatic heterocycles. The van der Waals surface area contributed by atoms with Crippen LogP contribution in [0.2, 0.25) is 0 Å². The van der Waals surface area contributed by atoms with Gasteiger partial charge < -0.3 is 5.11 Å². The number of aryl methyl sites for hydroxylation is 1. The van der Waals surface area contributed by atoms with Crippen LogP contribution in [0.15, 0.2) is 54.6 Å². The minimum absolute atomic E-state index is 0.187. The fourth-order valence-corrected chi connectivity index (χ4v) is 2.44. The van der Waals surface area contributed by atoms with E-state index in [2.05, 4.69) is 15.5 Å². The van der Waals surface area contributed by atoms with Crippen LogP contribution in [0, 0.1) is 5.82 Å². The van der Waals surface area contributed by atoms with Crippen LogP contribution in [-0.4, -0.2) is 25.3 Å². The predicted octanol–water partition coefficient (Wildman–Crippen LogP) is 1.83. The zero-order valence-electron chi connectivity index (χ0n) is 12.0. The van der Waals surface area contributed by atoms with Gasteiger partial charge in [0, 0.05) is 13.5 Å². The van der Waals surface area contributed by atoms with E-state index in [4.69, 9.17) is 0 Å². The van der Waals surface area contributed by atoms with Crippen LogP contribution in [0.25, 0.3) is 0 Å². The molecule has 22 heavy (non-hydrogen) atoms. The minimum atomic E-state index is -1.34. The van der Waals surface area contributed by atoms with E-state index in [-0.39, 0.29) is 12.2 Å². The number of benzene rings is 2. The maximum atomic E-state index is 13.2. The van der Waals surface area contributed by atoms with E-state index in [1.165, 1.54) is 16.8 Å². The Morgan fingerprint density at radius 1 is 1.05 bits per heavy atom. The number of hydrogen-bond donors (Lipinski definition) is 1. The fourth-order valence-electron chi connectivity index (χ4n) is 2.44. The van der Waals surface area contributed by atoms with E-state index in [9.17, 15) is 9.50 Å². The average molecular weight is 298 g/mol. The van der Waals surface area contributed by atoms with Gasteiger partial charge in [0.2, 0.25) is 0 Å². The van der Waals surface area contributed by atoms with Gasteiger partial charge >= 0.3 is 0 Å². The fraction of sp³-hybridized carbons (Fsp3) is 0.188. The summed E-state index contributed by atoms with van der Waals surface area (Å²) < 4.78 is 14.7. The van der Waals surface area contributed by atoms with Crippen molar-refractivity contribution in [3.8, 4) is 0 Å². The number of nitrogens with zero attached hydrogens (tertiary/aromatic N) is 4. The summed E-state index contributed by atoms with van der Waals surface area (Å²) in [6, 6.07) is 15.0. The summed E-state index contributed by atoms with van der Waals surface area (Å²) in [5.74, 6) is 0.190. The van der Waals surface area contributed by atoms with Gasteiger partial charge in [-0.2, -0.15) is 0 Å². The average Bonchev–Trinajstić information content (AvgIpc) is 2.93. The lowest BCUT2D eigenvalue weighted by Gasteiger charge is -2.28. The Morgan fingerprint density at radius 2 is 1.68 bits per heavy atom. The lowest BCUT2D eigenvalue weighted by atomic mass is 9.83. The molecule has 1 N–H and O–H groups in total. The zero-order chi connectivity index (χ0) is 15.6. The first-order valence-electron chi connectivity index (χ1n) is 6.85. The molecular formula is C16H15FN4O. The first-order valence-corrected chi connectivity index (χ1v) is 6.85. The van der Waals surface area contributed by atoms with E-state index in [1.807, 2.05) is 30.3 Å². The molecule has 0 saturated carbocycles. The molecule has 112 valence electrons.